The SMILES string of the molecule is NC/C(=C\F)COc1ccc(S(=O)(=O)N2CCC3(CC2)CC3CN)cn1.O=C(O)C(F)(F)F. The minimum atomic E-state index is -5.08. The number of aromatic nitrogens is 1. The summed E-state index contributed by atoms with van der Waals surface area (Å²) in [5, 5.41) is 7.12. The van der Waals surface area contributed by atoms with Crippen LogP contribution in [-0.4, -0.2) is 67.7 Å². The van der Waals surface area contributed by atoms with Crippen LogP contribution in [0, 0.1) is 11.3 Å². The molecule has 1 saturated carbocycles. The molecule has 5 N–H and O–H groups in total. The number of rotatable bonds is 7. The van der Waals surface area contributed by atoms with Gasteiger partial charge in [-0.2, -0.15) is 17.5 Å². The van der Waals surface area contributed by atoms with Gasteiger partial charge in [-0.15, -0.1) is 0 Å². The van der Waals surface area contributed by atoms with Crippen LogP contribution in [0.5, 0.6) is 5.88 Å². The molecule has 1 aromatic heterocycles. The average molecular weight is 498 g/mol. The lowest BCUT2D eigenvalue weighted by atomic mass is 9.92. The highest BCUT2D eigenvalue weighted by molar-refractivity contribution is 7.89. The lowest BCUT2D eigenvalue weighted by Gasteiger charge is -2.32. The molecule has 2 fully saturated rings. The molecule has 2 aliphatic rings. The zero-order valence-electron chi connectivity index (χ0n) is 17.6. The summed E-state index contributed by atoms with van der Waals surface area (Å²) in [4.78, 5) is 13.0. The van der Waals surface area contributed by atoms with Gasteiger partial charge in [0.2, 0.25) is 15.9 Å². The second-order valence-electron chi connectivity index (χ2n) is 7.80. The van der Waals surface area contributed by atoms with Crippen LogP contribution in [0.25, 0.3) is 0 Å². The fourth-order valence-corrected chi connectivity index (χ4v) is 4.99. The number of carbonyl (C=O) groups is 1. The minimum absolute atomic E-state index is 0.0252. The molecule has 1 atom stereocenters. The zero-order chi connectivity index (χ0) is 24.9. The summed E-state index contributed by atoms with van der Waals surface area (Å²) in [7, 11) is -3.57. The highest BCUT2D eigenvalue weighted by Crippen LogP contribution is 2.59. The molecule has 33 heavy (non-hydrogen) atoms. The molecule has 3 rings (SSSR count). The van der Waals surface area contributed by atoms with Gasteiger partial charge in [0, 0.05) is 31.3 Å². The van der Waals surface area contributed by atoms with Crippen molar-refractivity contribution in [3.63, 3.8) is 0 Å². The summed E-state index contributed by atoms with van der Waals surface area (Å²) < 4.78 is 76.6. The standard InChI is InChI=1S/C17H25FN4O3S.C2HF3O2/c18-8-13(9-19)12-25-16-2-1-15(11-21-16)26(23,24)22-5-3-17(4-6-22)7-14(17)10-20;3-2(4,5)1(6)7/h1-2,8,11,14H,3-7,9-10,12,19-20H2;(H,6,7)/b13-8+;. The smallest absolute Gasteiger partial charge is 0.475 e. The van der Waals surface area contributed by atoms with Crippen molar-refractivity contribution in [2.45, 2.75) is 30.3 Å². The predicted octanol–water partition coefficient (Wildman–Crippen LogP) is 1.66. The maximum absolute atomic E-state index is 12.8. The van der Waals surface area contributed by atoms with E-state index in [1.54, 1.807) is 0 Å². The van der Waals surface area contributed by atoms with Crippen molar-refractivity contribution in [1.29, 1.82) is 0 Å². The van der Waals surface area contributed by atoms with Crippen LogP contribution in [-0.2, 0) is 14.8 Å². The van der Waals surface area contributed by atoms with Crippen molar-refractivity contribution in [2.24, 2.45) is 22.8 Å². The first-order valence-electron chi connectivity index (χ1n) is 9.97. The summed E-state index contributed by atoms with van der Waals surface area (Å²) in [6, 6.07) is 2.93. The van der Waals surface area contributed by atoms with E-state index in [1.807, 2.05) is 0 Å². The van der Waals surface area contributed by atoms with Crippen LogP contribution in [0.3, 0.4) is 0 Å². The molecule has 186 valence electrons. The van der Waals surface area contributed by atoms with Crippen molar-refractivity contribution in [3.05, 3.63) is 30.2 Å². The molecule has 1 saturated heterocycles. The van der Waals surface area contributed by atoms with Crippen LogP contribution in [0.2, 0.25) is 0 Å². The largest absolute Gasteiger partial charge is 0.490 e. The van der Waals surface area contributed by atoms with E-state index in [-0.39, 0.29) is 29.3 Å². The number of hydrogen-bond donors (Lipinski definition) is 3. The van der Waals surface area contributed by atoms with Gasteiger partial charge in [0.15, 0.2) is 0 Å². The quantitative estimate of drug-likeness (QED) is 0.481. The Morgan fingerprint density at radius 2 is 1.91 bits per heavy atom. The minimum Gasteiger partial charge on any atom is -0.475 e. The Morgan fingerprint density at radius 1 is 1.30 bits per heavy atom. The maximum atomic E-state index is 12.8. The molecule has 0 amide bonds. The van der Waals surface area contributed by atoms with E-state index in [1.165, 1.54) is 22.6 Å². The van der Waals surface area contributed by atoms with E-state index in [4.69, 9.17) is 26.1 Å². The second kappa shape index (κ2) is 10.8. The third-order valence-corrected chi connectivity index (χ3v) is 7.66. The van der Waals surface area contributed by atoms with E-state index >= 15 is 0 Å². The Balaban J connectivity index is 0.000000479. The number of ether oxygens (including phenoxy) is 1. The highest BCUT2D eigenvalue weighted by atomic mass is 32.2. The molecule has 1 spiro atoms. The zero-order valence-corrected chi connectivity index (χ0v) is 18.4. The Kier molecular flexibility index (Phi) is 8.79. The highest BCUT2D eigenvalue weighted by Gasteiger charge is 2.54. The first kappa shape index (κ1) is 27.0. The molecular weight excluding hydrogens is 472 g/mol. The van der Waals surface area contributed by atoms with Crippen molar-refractivity contribution in [3.8, 4) is 5.88 Å². The van der Waals surface area contributed by atoms with E-state index < -0.39 is 22.2 Å². The summed E-state index contributed by atoms with van der Waals surface area (Å²) in [5.41, 5.74) is 11.7. The summed E-state index contributed by atoms with van der Waals surface area (Å²) in [6.45, 7) is 1.73. The summed E-state index contributed by atoms with van der Waals surface area (Å²) in [5.74, 6) is -1.99. The van der Waals surface area contributed by atoms with Gasteiger partial charge < -0.3 is 21.3 Å². The number of carboxylic acids is 1. The molecule has 1 unspecified atom stereocenters. The van der Waals surface area contributed by atoms with Crippen molar-refractivity contribution in [1.82, 2.24) is 9.29 Å². The Bertz CT molecular complexity index is 946. The van der Waals surface area contributed by atoms with Gasteiger partial charge >= 0.3 is 12.1 Å². The number of aliphatic carboxylic acids is 1. The first-order chi connectivity index (χ1) is 15.4. The van der Waals surface area contributed by atoms with Crippen LogP contribution in [0.1, 0.15) is 19.3 Å². The van der Waals surface area contributed by atoms with Gasteiger partial charge in [0.1, 0.15) is 11.5 Å². The van der Waals surface area contributed by atoms with Crippen molar-refractivity contribution < 1.29 is 40.6 Å². The fraction of sp³-hybridized carbons (Fsp3) is 0.579. The maximum Gasteiger partial charge on any atom is 0.490 e. The van der Waals surface area contributed by atoms with Crippen LogP contribution in [0.4, 0.5) is 17.6 Å². The Hall–Kier alpha value is -2.29. The molecule has 1 aliphatic heterocycles. The number of pyridine rings is 1. The molecule has 14 heteroatoms. The molecule has 1 aromatic rings. The van der Waals surface area contributed by atoms with Crippen LogP contribution >= 0.6 is 0 Å². The lowest BCUT2D eigenvalue weighted by molar-refractivity contribution is -0.192. The molecule has 9 nitrogen and oxygen atoms in total. The Labute approximate surface area is 188 Å². The van der Waals surface area contributed by atoms with E-state index in [9.17, 15) is 26.0 Å². The van der Waals surface area contributed by atoms with Crippen molar-refractivity contribution >= 4 is 16.0 Å². The van der Waals surface area contributed by atoms with Gasteiger partial charge in [0.05, 0.1) is 12.5 Å². The average Bonchev–Trinajstić information content (AvgIpc) is 3.46. The predicted molar refractivity (Wildman–Crippen MR) is 109 cm³/mol. The van der Waals surface area contributed by atoms with Gasteiger partial charge in [-0.1, -0.05) is 0 Å². The molecule has 0 aromatic carbocycles. The normalized spacial score (nSPS) is 20.7. The number of nitrogens with zero attached hydrogens (tertiary/aromatic N) is 2. The van der Waals surface area contributed by atoms with Crippen LogP contribution in [0.15, 0.2) is 35.1 Å². The number of nitrogens with two attached hydrogens (primary N) is 2. The fourth-order valence-electron chi connectivity index (χ4n) is 3.60. The topological polar surface area (TPSA) is 149 Å². The summed E-state index contributed by atoms with van der Waals surface area (Å²) >= 11 is 0. The van der Waals surface area contributed by atoms with E-state index in [0.717, 1.165) is 19.3 Å². The van der Waals surface area contributed by atoms with Crippen LogP contribution < -0.4 is 16.2 Å². The first-order valence-corrected chi connectivity index (χ1v) is 11.4. The third kappa shape index (κ3) is 6.85. The molecule has 0 radical (unpaired) electrons. The van der Waals surface area contributed by atoms with Gasteiger partial charge in [-0.3, -0.25) is 0 Å². The number of hydrogen-bond acceptors (Lipinski definition) is 7. The Morgan fingerprint density at radius 3 is 2.30 bits per heavy atom. The molecule has 1 aliphatic carbocycles. The third-order valence-electron chi connectivity index (χ3n) is 5.77. The number of alkyl halides is 3. The van der Waals surface area contributed by atoms with E-state index in [2.05, 4.69) is 4.98 Å². The van der Waals surface area contributed by atoms with E-state index in [0.29, 0.717) is 37.5 Å². The van der Waals surface area contributed by atoms with Crippen molar-refractivity contribution in [2.75, 3.05) is 32.8 Å². The second-order valence-corrected chi connectivity index (χ2v) is 9.74. The van der Waals surface area contributed by atoms with Gasteiger partial charge in [0.25, 0.3) is 0 Å². The monoisotopic (exact) mass is 498 g/mol. The molecule has 2 heterocycles. The lowest BCUT2D eigenvalue weighted by Crippen LogP contribution is -2.39. The van der Waals surface area contributed by atoms with Gasteiger partial charge in [-0.25, -0.2) is 22.6 Å². The molecule has 0 bridgehead atoms. The molecular formula is C19H26F4N4O5S. The number of sulfonamides is 1. The number of carboxylic acid groups (broad SMARTS) is 1. The number of piperidine rings is 1. The summed E-state index contributed by atoms with van der Waals surface area (Å²) in [6.07, 6.45) is -0.573. The number of halogens is 4. The van der Waals surface area contributed by atoms with Gasteiger partial charge in [-0.05, 0) is 43.2 Å².